The molecule has 0 unspecified atom stereocenters. The highest BCUT2D eigenvalue weighted by Gasteiger charge is 2.19. The van der Waals surface area contributed by atoms with Crippen LogP contribution in [0.2, 0.25) is 0 Å². The molecule has 1 N–H and O–H groups in total. The summed E-state index contributed by atoms with van der Waals surface area (Å²) in [7, 11) is 1.67. The van der Waals surface area contributed by atoms with Gasteiger partial charge in [0, 0.05) is 37.8 Å². The molecule has 0 aliphatic carbocycles. The van der Waals surface area contributed by atoms with E-state index in [-0.39, 0.29) is 11.8 Å². The van der Waals surface area contributed by atoms with E-state index in [1.807, 2.05) is 32.0 Å². The fourth-order valence-corrected chi connectivity index (χ4v) is 2.82. The van der Waals surface area contributed by atoms with Crippen molar-refractivity contribution in [3.05, 3.63) is 36.4 Å². The number of nitrogens with one attached hydrogen (secondary N) is 1. The lowest BCUT2D eigenvalue weighted by molar-refractivity contribution is -0.118. The summed E-state index contributed by atoms with van der Waals surface area (Å²) in [5.41, 5.74) is 1.20. The molecule has 7 nitrogen and oxygen atoms in total. The van der Waals surface area contributed by atoms with Crippen molar-refractivity contribution in [3.63, 3.8) is 0 Å². The summed E-state index contributed by atoms with van der Waals surface area (Å²) in [5, 5.41) is 11.1. The smallest absolute Gasteiger partial charge is 0.228 e. The van der Waals surface area contributed by atoms with Gasteiger partial charge in [0.1, 0.15) is 5.75 Å². The van der Waals surface area contributed by atoms with Gasteiger partial charge in [0.25, 0.3) is 0 Å². The lowest BCUT2D eigenvalue weighted by atomic mass is 10.2. The molecule has 0 saturated carbocycles. The van der Waals surface area contributed by atoms with Crippen molar-refractivity contribution < 1.29 is 9.53 Å². The minimum Gasteiger partial charge on any atom is -0.497 e. The van der Waals surface area contributed by atoms with Gasteiger partial charge in [0.05, 0.1) is 7.11 Å². The van der Waals surface area contributed by atoms with Crippen molar-refractivity contribution in [2.24, 2.45) is 5.92 Å². The van der Waals surface area contributed by atoms with Crippen LogP contribution in [0.3, 0.4) is 0 Å². The van der Waals surface area contributed by atoms with E-state index in [0.29, 0.717) is 5.82 Å². The molecule has 1 aliphatic rings. The third-order valence-electron chi connectivity index (χ3n) is 4.47. The largest absolute Gasteiger partial charge is 0.497 e. The van der Waals surface area contributed by atoms with Crippen molar-refractivity contribution >= 4 is 23.2 Å². The number of hydrogen-bond acceptors (Lipinski definition) is 6. The zero-order valence-corrected chi connectivity index (χ0v) is 15.5. The van der Waals surface area contributed by atoms with Crippen molar-refractivity contribution in [1.29, 1.82) is 0 Å². The summed E-state index contributed by atoms with van der Waals surface area (Å²) >= 11 is 0. The van der Waals surface area contributed by atoms with E-state index in [1.54, 1.807) is 13.2 Å². The molecule has 1 fully saturated rings. The summed E-state index contributed by atoms with van der Waals surface area (Å²) in [5.74, 6) is 2.06. The standard InChI is InChI=1S/C19H25N5O2/c1-14(2)19(25)20-17-8-9-18(22-21-17)24-12-10-23(11-13-24)15-4-6-16(26-3)7-5-15/h4-9,14H,10-13H2,1-3H3,(H,20,21,25). The maximum atomic E-state index is 11.7. The molecule has 1 aromatic heterocycles. The first-order valence-corrected chi connectivity index (χ1v) is 8.85. The zero-order valence-electron chi connectivity index (χ0n) is 15.5. The van der Waals surface area contributed by atoms with Crippen LogP contribution in [-0.2, 0) is 4.79 Å². The first kappa shape index (κ1) is 18.0. The molecule has 1 aromatic carbocycles. The van der Waals surface area contributed by atoms with E-state index in [1.165, 1.54) is 5.69 Å². The zero-order chi connectivity index (χ0) is 18.5. The Hall–Kier alpha value is -2.83. The van der Waals surface area contributed by atoms with Gasteiger partial charge in [0.2, 0.25) is 5.91 Å². The van der Waals surface area contributed by atoms with Crippen LogP contribution in [0.4, 0.5) is 17.3 Å². The number of rotatable bonds is 5. The molecule has 1 amide bonds. The second kappa shape index (κ2) is 8.03. The highest BCUT2D eigenvalue weighted by molar-refractivity contribution is 5.91. The summed E-state index contributed by atoms with van der Waals surface area (Å²) in [6.45, 7) is 7.27. The van der Waals surface area contributed by atoms with Gasteiger partial charge in [-0.1, -0.05) is 13.8 Å². The third-order valence-corrected chi connectivity index (χ3v) is 4.47. The number of benzene rings is 1. The highest BCUT2D eigenvalue weighted by Crippen LogP contribution is 2.22. The molecule has 0 radical (unpaired) electrons. The topological polar surface area (TPSA) is 70.6 Å². The number of carbonyl (C=O) groups is 1. The maximum absolute atomic E-state index is 11.7. The molecule has 3 rings (SSSR count). The molecule has 1 saturated heterocycles. The highest BCUT2D eigenvalue weighted by atomic mass is 16.5. The number of piperazine rings is 1. The maximum Gasteiger partial charge on any atom is 0.228 e. The van der Waals surface area contributed by atoms with Gasteiger partial charge in [-0.05, 0) is 36.4 Å². The number of hydrogen-bond donors (Lipinski definition) is 1. The molecular weight excluding hydrogens is 330 g/mol. The molecule has 26 heavy (non-hydrogen) atoms. The summed E-state index contributed by atoms with van der Waals surface area (Å²) in [6, 6.07) is 11.8. The average molecular weight is 355 g/mol. The summed E-state index contributed by atoms with van der Waals surface area (Å²) in [6.07, 6.45) is 0. The number of methoxy groups -OCH3 is 1. The minimum atomic E-state index is -0.0810. The molecule has 138 valence electrons. The van der Waals surface area contributed by atoms with Gasteiger partial charge in [-0.2, -0.15) is 0 Å². The fourth-order valence-electron chi connectivity index (χ4n) is 2.82. The van der Waals surface area contributed by atoms with Gasteiger partial charge in [0.15, 0.2) is 11.6 Å². The first-order valence-electron chi connectivity index (χ1n) is 8.85. The van der Waals surface area contributed by atoms with Gasteiger partial charge < -0.3 is 19.9 Å². The fraction of sp³-hybridized carbons (Fsp3) is 0.421. The molecular formula is C19H25N5O2. The van der Waals surface area contributed by atoms with E-state index in [9.17, 15) is 4.79 Å². The number of ether oxygens (including phenoxy) is 1. The molecule has 0 atom stereocenters. The van der Waals surface area contributed by atoms with Crippen LogP contribution >= 0.6 is 0 Å². The van der Waals surface area contributed by atoms with Crippen molar-refractivity contribution in [1.82, 2.24) is 10.2 Å². The van der Waals surface area contributed by atoms with E-state index >= 15 is 0 Å². The predicted octanol–water partition coefficient (Wildman–Crippen LogP) is 2.41. The SMILES string of the molecule is COc1ccc(N2CCN(c3ccc(NC(=O)C(C)C)nn3)CC2)cc1. The van der Waals surface area contributed by atoms with Crippen molar-refractivity contribution in [3.8, 4) is 5.75 Å². The Labute approximate surface area is 154 Å². The van der Waals surface area contributed by atoms with Gasteiger partial charge in [-0.25, -0.2) is 0 Å². The van der Waals surface area contributed by atoms with E-state index in [4.69, 9.17) is 4.74 Å². The Morgan fingerprint density at radius 1 is 1.00 bits per heavy atom. The van der Waals surface area contributed by atoms with Crippen LogP contribution in [0.15, 0.2) is 36.4 Å². The second-order valence-corrected chi connectivity index (χ2v) is 6.59. The van der Waals surface area contributed by atoms with Crippen LogP contribution in [0.1, 0.15) is 13.8 Å². The number of nitrogens with zero attached hydrogens (tertiary/aromatic N) is 4. The van der Waals surface area contributed by atoms with Crippen molar-refractivity contribution in [2.45, 2.75) is 13.8 Å². The van der Waals surface area contributed by atoms with Crippen LogP contribution in [0.5, 0.6) is 5.75 Å². The molecule has 2 aromatic rings. The van der Waals surface area contributed by atoms with Crippen LogP contribution in [0.25, 0.3) is 0 Å². The molecule has 0 bridgehead atoms. The first-order chi connectivity index (χ1) is 12.6. The van der Waals surface area contributed by atoms with Gasteiger partial charge >= 0.3 is 0 Å². The third kappa shape index (κ3) is 4.22. The molecule has 2 heterocycles. The minimum absolute atomic E-state index is 0.0554. The number of aromatic nitrogens is 2. The lowest BCUT2D eigenvalue weighted by Crippen LogP contribution is -2.46. The quantitative estimate of drug-likeness (QED) is 0.888. The van der Waals surface area contributed by atoms with E-state index in [2.05, 4.69) is 37.4 Å². The van der Waals surface area contributed by atoms with Crippen LogP contribution in [0, 0.1) is 5.92 Å². The normalized spacial score (nSPS) is 14.5. The Kier molecular flexibility index (Phi) is 5.55. The van der Waals surface area contributed by atoms with Crippen LogP contribution in [-0.4, -0.2) is 49.4 Å². The Morgan fingerprint density at radius 2 is 1.65 bits per heavy atom. The Morgan fingerprint density at radius 3 is 2.19 bits per heavy atom. The molecule has 1 aliphatic heterocycles. The predicted molar refractivity (Wildman–Crippen MR) is 103 cm³/mol. The average Bonchev–Trinajstić information content (AvgIpc) is 2.69. The molecule has 0 spiro atoms. The number of carbonyl (C=O) groups excluding carboxylic acids is 1. The lowest BCUT2D eigenvalue weighted by Gasteiger charge is -2.36. The van der Waals surface area contributed by atoms with Gasteiger partial charge in [-0.3, -0.25) is 4.79 Å². The van der Waals surface area contributed by atoms with Crippen molar-refractivity contribution in [2.75, 3.05) is 48.4 Å². The number of anilines is 3. The monoisotopic (exact) mass is 355 g/mol. The molecule has 7 heteroatoms. The summed E-state index contributed by atoms with van der Waals surface area (Å²) in [4.78, 5) is 16.3. The van der Waals surface area contributed by atoms with E-state index < -0.39 is 0 Å². The van der Waals surface area contributed by atoms with Gasteiger partial charge in [-0.15, -0.1) is 10.2 Å². The Bertz CT molecular complexity index is 723. The summed E-state index contributed by atoms with van der Waals surface area (Å²) < 4.78 is 5.21. The second-order valence-electron chi connectivity index (χ2n) is 6.59. The Balaban J connectivity index is 1.56. The number of amides is 1. The van der Waals surface area contributed by atoms with E-state index in [0.717, 1.165) is 37.7 Å². The van der Waals surface area contributed by atoms with Crippen LogP contribution < -0.4 is 19.9 Å².